The predicted octanol–water partition coefficient (Wildman–Crippen LogP) is 1.68. The fourth-order valence-corrected chi connectivity index (χ4v) is 1.33. The SMILES string of the molecule is O=C[n+]1ccc(-c2ccccc2)cc1. The lowest BCUT2D eigenvalue weighted by atomic mass is 10.1. The van der Waals surface area contributed by atoms with Crippen molar-refractivity contribution in [3.05, 3.63) is 54.9 Å². The summed E-state index contributed by atoms with van der Waals surface area (Å²) >= 11 is 0. The molecular weight excluding hydrogens is 174 g/mol. The normalized spacial score (nSPS) is 9.71. The molecule has 1 heterocycles. The molecule has 68 valence electrons. The van der Waals surface area contributed by atoms with E-state index in [1.54, 1.807) is 12.4 Å². The molecule has 0 aliphatic carbocycles. The molecule has 0 aliphatic heterocycles. The number of aromatic nitrogens is 1. The second-order valence-electron chi connectivity index (χ2n) is 3.01. The van der Waals surface area contributed by atoms with E-state index in [1.165, 1.54) is 4.57 Å². The highest BCUT2D eigenvalue weighted by molar-refractivity contribution is 5.62. The average Bonchev–Trinajstić information content (AvgIpc) is 2.30. The number of hydrogen-bond donors (Lipinski definition) is 0. The highest BCUT2D eigenvalue weighted by Crippen LogP contribution is 2.16. The Kier molecular flexibility index (Phi) is 2.36. The number of benzene rings is 1. The number of pyridine rings is 1. The van der Waals surface area contributed by atoms with Crippen LogP contribution in [0.15, 0.2) is 54.9 Å². The Morgan fingerprint density at radius 1 is 0.857 bits per heavy atom. The second-order valence-corrected chi connectivity index (χ2v) is 3.01. The first-order valence-corrected chi connectivity index (χ1v) is 4.41. The molecule has 0 saturated carbocycles. The Hall–Kier alpha value is -1.96. The maximum Gasteiger partial charge on any atom is 0.380 e. The zero-order chi connectivity index (χ0) is 9.80. The largest absolute Gasteiger partial charge is 0.380 e. The van der Waals surface area contributed by atoms with Gasteiger partial charge >= 0.3 is 6.41 Å². The Labute approximate surface area is 82.4 Å². The summed E-state index contributed by atoms with van der Waals surface area (Å²) in [6.07, 6.45) is 4.26. The maximum absolute atomic E-state index is 10.4. The van der Waals surface area contributed by atoms with Gasteiger partial charge in [-0.3, -0.25) is 0 Å². The first kappa shape index (κ1) is 8.63. The third kappa shape index (κ3) is 1.69. The number of carbonyl (C=O) groups excluding carboxylic acids is 1. The summed E-state index contributed by atoms with van der Waals surface area (Å²) < 4.78 is 1.48. The van der Waals surface area contributed by atoms with Crippen molar-refractivity contribution in [3.63, 3.8) is 0 Å². The van der Waals surface area contributed by atoms with Crippen molar-refractivity contribution in [3.8, 4) is 11.1 Å². The van der Waals surface area contributed by atoms with Crippen LogP contribution < -0.4 is 4.57 Å². The van der Waals surface area contributed by atoms with Gasteiger partial charge in [0.05, 0.1) is 0 Å². The summed E-state index contributed by atoms with van der Waals surface area (Å²) in [5.41, 5.74) is 2.27. The molecule has 0 atom stereocenters. The van der Waals surface area contributed by atoms with Crippen molar-refractivity contribution < 1.29 is 9.36 Å². The number of hydrogen-bond acceptors (Lipinski definition) is 1. The van der Waals surface area contributed by atoms with Crippen LogP contribution in [0.5, 0.6) is 0 Å². The van der Waals surface area contributed by atoms with Crippen molar-refractivity contribution in [1.29, 1.82) is 0 Å². The van der Waals surface area contributed by atoms with Gasteiger partial charge in [0.2, 0.25) is 0 Å². The van der Waals surface area contributed by atoms with E-state index >= 15 is 0 Å². The van der Waals surface area contributed by atoms with Gasteiger partial charge in [-0.15, -0.1) is 4.57 Å². The second kappa shape index (κ2) is 3.83. The van der Waals surface area contributed by atoms with Crippen LogP contribution in [0.4, 0.5) is 0 Å². The van der Waals surface area contributed by atoms with Crippen LogP contribution in [-0.4, -0.2) is 6.41 Å². The van der Waals surface area contributed by atoms with Crippen LogP contribution in [0.25, 0.3) is 11.1 Å². The van der Waals surface area contributed by atoms with Crippen molar-refractivity contribution in [2.75, 3.05) is 0 Å². The lowest BCUT2D eigenvalue weighted by Gasteiger charge is -1.97. The van der Waals surface area contributed by atoms with E-state index in [4.69, 9.17) is 0 Å². The molecule has 0 spiro atoms. The molecule has 2 nitrogen and oxygen atoms in total. The lowest BCUT2D eigenvalue weighted by molar-refractivity contribution is -0.552. The van der Waals surface area contributed by atoms with Crippen molar-refractivity contribution in [2.24, 2.45) is 0 Å². The topological polar surface area (TPSA) is 20.9 Å². The molecule has 2 rings (SSSR count). The number of nitrogens with zero attached hydrogens (tertiary/aromatic N) is 1. The van der Waals surface area contributed by atoms with Gasteiger partial charge in [0, 0.05) is 12.1 Å². The molecule has 0 fully saturated rings. The van der Waals surface area contributed by atoms with Gasteiger partial charge in [-0.1, -0.05) is 30.3 Å². The first-order valence-electron chi connectivity index (χ1n) is 4.41. The monoisotopic (exact) mass is 184 g/mol. The van der Waals surface area contributed by atoms with Gasteiger partial charge in [-0.2, -0.15) is 0 Å². The van der Waals surface area contributed by atoms with Crippen molar-refractivity contribution in [1.82, 2.24) is 0 Å². The molecule has 2 heteroatoms. The van der Waals surface area contributed by atoms with Crippen molar-refractivity contribution >= 4 is 6.41 Å². The summed E-state index contributed by atoms with van der Waals surface area (Å²) in [7, 11) is 0. The Balaban J connectivity index is 2.39. The van der Waals surface area contributed by atoms with Crippen LogP contribution in [0.1, 0.15) is 0 Å². The third-order valence-corrected chi connectivity index (χ3v) is 2.08. The predicted molar refractivity (Wildman–Crippen MR) is 54.2 cm³/mol. The number of rotatable bonds is 2. The fraction of sp³-hybridized carbons (Fsp3) is 0. The van der Waals surface area contributed by atoms with Crippen molar-refractivity contribution in [2.45, 2.75) is 0 Å². The minimum absolute atomic E-state index is 0.773. The molecule has 2 aromatic rings. The van der Waals surface area contributed by atoms with Crippen LogP contribution in [0.2, 0.25) is 0 Å². The molecular formula is C12H10NO+. The zero-order valence-corrected chi connectivity index (χ0v) is 7.63. The summed E-state index contributed by atoms with van der Waals surface area (Å²) in [6, 6.07) is 13.9. The highest BCUT2D eigenvalue weighted by atomic mass is 16.1. The average molecular weight is 184 g/mol. The van der Waals surface area contributed by atoms with Gasteiger partial charge < -0.3 is 0 Å². The van der Waals surface area contributed by atoms with Gasteiger partial charge in [0.25, 0.3) is 0 Å². The van der Waals surface area contributed by atoms with Gasteiger partial charge in [-0.25, -0.2) is 4.79 Å². The van der Waals surface area contributed by atoms with E-state index in [-0.39, 0.29) is 0 Å². The third-order valence-electron chi connectivity index (χ3n) is 2.08. The minimum Gasteiger partial charge on any atom is -0.222 e. The minimum atomic E-state index is 0.773. The van der Waals surface area contributed by atoms with Crippen LogP contribution in [-0.2, 0) is 4.79 Å². The van der Waals surface area contributed by atoms with Gasteiger partial charge in [0.1, 0.15) is 0 Å². The van der Waals surface area contributed by atoms with Crippen LogP contribution in [0.3, 0.4) is 0 Å². The van der Waals surface area contributed by atoms with E-state index in [0.717, 1.165) is 17.5 Å². The van der Waals surface area contributed by atoms with E-state index in [1.807, 2.05) is 42.5 Å². The molecule has 0 bridgehead atoms. The number of carbonyl (C=O) groups is 1. The van der Waals surface area contributed by atoms with Crippen LogP contribution in [0, 0.1) is 0 Å². The zero-order valence-electron chi connectivity index (χ0n) is 7.63. The lowest BCUT2D eigenvalue weighted by Crippen LogP contribution is -2.31. The molecule has 1 aromatic heterocycles. The van der Waals surface area contributed by atoms with E-state index in [0.29, 0.717) is 0 Å². The van der Waals surface area contributed by atoms with E-state index in [2.05, 4.69) is 0 Å². The molecule has 0 unspecified atom stereocenters. The summed E-state index contributed by atoms with van der Waals surface area (Å²) in [6.45, 7) is 0. The molecule has 14 heavy (non-hydrogen) atoms. The summed E-state index contributed by atoms with van der Waals surface area (Å²) in [5, 5.41) is 0. The summed E-state index contributed by atoms with van der Waals surface area (Å²) in [5.74, 6) is 0. The highest BCUT2D eigenvalue weighted by Gasteiger charge is 1.99. The standard InChI is InChI=1S/C12H10NO/c14-10-13-8-6-12(7-9-13)11-4-2-1-3-5-11/h1-10H/q+1. The Bertz CT molecular complexity index is 420. The molecule has 1 aromatic carbocycles. The molecule has 0 saturated heterocycles. The summed E-state index contributed by atoms with van der Waals surface area (Å²) in [4.78, 5) is 10.4. The molecule has 0 N–H and O–H groups in total. The van der Waals surface area contributed by atoms with E-state index < -0.39 is 0 Å². The maximum atomic E-state index is 10.4. The van der Waals surface area contributed by atoms with Crippen LogP contribution >= 0.6 is 0 Å². The smallest absolute Gasteiger partial charge is 0.222 e. The fourth-order valence-electron chi connectivity index (χ4n) is 1.33. The molecule has 0 aliphatic rings. The van der Waals surface area contributed by atoms with E-state index in [9.17, 15) is 4.79 Å². The first-order chi connectivity index (χ1) is 6.90. The molecule has 0 radical (unpaired) electrons. The Morgan fingerprint density at radius 2 is 1.43 bits per heavy atom. The van der Waals surface area contributed by atoms with Gasteiger partial charge in [0.15, 0.2) is 12.4 Å². The molecule has 0 amide bonds. The van der Waals surface area contributed by atoms with Gasteiger partial charge in [-0.05, 0) is 11.1 Å². The Morgan fingerprint density at radius 3 is 2.00 bits per heavy atom. The quantitative estimate of drug-likeness (QED) is 0.514.